The lowest BCUT2D eigenvalue weighted by molar-refractivity contribution is -0.127. The van der Waals surface area contributed by atoms with Gasteiger partial charge in [0.2, 0.25) is 11.8 Å². The smallest absolute Gasteiger partial charge is 0.227 e. The van der Waals surface area contributed by atoms with Gasteiger partial charge in [0.05, 0.1) is 11.6 Å². The number of carbonyl (C=O) groups is 2. The van der Waals surface area contributed by atoms with Crippen LogP contribution in [0.25, 0.3) is 0 Å². The minimum atomic E-state index is -0.433. The zero-order valence-corrected chi connectivity index (χ0v) is 14.0. The number of carbonyl (C=O) groups excluding carboxylic acids is 2. The maximum atomic E-state index is 13.9. The fourth-order valence-corrected chi connectivity index (χ4v) is 3.57. The Morgan fingerprint density at radius 3 is 2.88 bits per heavy atom. The van der Waals surface area contributed by atoms with Gasteiger partial charge in [-0.3, -0.25) is 9.59 Å². The molecule has 2 aliphatic heterocycles. The highest BCUT2D eigenvalue weighted by Gasteiger charge is 2.37. The van der Waals surface area contributed by atoms with E-state index in [0.717, 1.165) is 32.5 Å². The van der Waals surface area contributed by atoms with Gasteiger partial charge < -0.3 is 15.1 Å². The van der Waals surface area contributed by atoms with Crippen LogP contribution in [0.5, 0.6) is 0 Å². The SMILES string of the molecule is CCN1CCCC(NC(=O)C2CC(=O)N(c3ccccc3F)C2)C1. The number of halogens is 1. The summed E-state index contributed by atoms with van der Waals surface area (Å²) in [7, 11) is 0. The summed E-state index contributed by atoms with van der Waals surface area (Å²) in [5.74, 6) is -1.13. The first-order valence-corrected chi connectivity index (χ1v) is 8.66. The van der Waals surface area contributed by atoms with Crippen molar-refractivity contribution in [3.05, 3.63) is 30.1 Å². The third kappa shape index (κ3) is 3.59. The predicted molar refractivity (Wildman–Crippen MR) is 90.1 cm³/mol. The van der Waals surface area contributed by atoms with Gasteiger partial charge in [0, 0.05) is 25.6 Å². The molecule has 6 heteroatoms. The summed E-state index contributed by atoms with van der Waals surface area (Å²) in [4.78, 5) is 28.4. The quantitative estimate of drug-likeness (QED) is 0.914. The molecule has 130 valence electrons. The van der Waals surface area contributed by atoms with E-state index >= 15 is 0 Å². The first-order chi connectivity index (χ1) is 11.6. The van der Waals surface area contributed by atoms with E-state index in [-0.39, 0.29) is 36.5 Å². The summed E-state index contributed by atoms with van der Waals surface area (Å²) >= 11 is 0. The van der Waals surface area contributed by atoms with Gasteiger partial charge in [0.1, 0.15) is 5.82 Å². The highest BCUT2D eigenvalue weighted by Crippen LogP contribution is 2.27. The highest BCUT2D eigenvalue weighted by molar-refractivity contribution is 6.00. The predicted octanol–water partition coefficient (Wildman–Crippen LogP) is 1.78. The Labute approximate surface area is 141 Å². The lowest BCUT2D eigenvalue weighted by Crippen LogP contribution is -2.49. The van der Waals surface area contributed by atoms with Gasteiger partial charge in [-0.15, -0.1) is 0 Å². The average Bonchev–Trinajstić information content (AvgIpc) is 2.97. The Hall–Kier alpha value is -1.95. The molecule has 2 saturated heterocycles. The lowest BCUT2D eigenvalue weighted by atomic mass is 10.0. The number of benzene rings is 1. The Balaban J connectivity index is 1.61. The Morgan fingerprint density at radius 1 is 1.33 bits per heavy atom. The largest absolute Gasteiger partial charge is 0.352 e. The summed E-state index contributed by atoms with van der Waals surface area (Å²) in [6, 6.07) is 6.33. The number of amides is 2. The monoisotopic (exact) mass is 333 g/mol. The van der Waals surface area contributed by atoms with Crippen molar-refractivity contribution in [2.24, 2.45) is 5.92 Å². The van der Waals surface area contributed by atoms with Crippen molar-refractivity contribution in [2.45, 2.75) is 32.2 Å². The molecule has 1 aromatic carbocycles. The molecule has 0 radical (unpaired) electrons. The highest BCUT2D eigenvalue weighted by atomic mass is 19.1. The van der Waals surface area contributed by atoms with Crippen LogP contribution in [-0.2, 0) is 9.59 Å². The molecule has 0 spiro atoms. The number of piperidine rings is 1. The van der Waals surface area contributed by atoms with E-state index in [0.29, 0.717) is 0 Å². The Kier molecular flexibility index (Phi) is 5.14. The summed E-state index contributed by atoms with van der Waals surface area (Å²) in [5, 5.41) is 3.08. The molecule has 0 bridgehead atoms. The van der Waals surface area contributed by atoms with Gasteiger partial charge in [0.25, 0.3) is 0 Å². The number of hydrogen-bond donors (Lipinski definition) is 1. The van der Waals surface area contributed by atoms with Crippen LogP contribution in [0.4, 0.5) is 10.1 Å². The van der Waals surface area contributed by atoms with Crippen molar-refractivity contribution >= 4 is 17.5 Å². The molecule has 3 rings (SSSR count). The second-order valence-corrected chi connectivity index (χ2v) is 6.60. The third-order valence-electron chi connectivity index (χ3n) is 4.94. The van der Waals surface area contributed by atoms with E-state index in [2.05, 4.69) is 17.1 Å². The first-order valence-electron chi connectivity index (χ1n) is 8.66. The lowest BCUT2D eigenvalue weighted by Gasteiger charge is -2.32. The molecular weight excluding hydrogens is 309 g/mol. The minimum absolute atomic E-state index is 0.0925. The van der Waals surface area contributed by atoms with Gasteiger partial charge in [-0.1, -0.05) is 19.1 Å². The number of rotatable bonds is 4. The van der Waals surface area contributed by atoms with Crippen molar-refractivity contribution in [3.8, 4) is 0 Å². The number of likely N-dealkylation sites (N-methyl/N-ethyl adjacent to an activating group) is 1. The van der Waals surface area contributed by atoms with E-state index < -0.39 is 11.7 Å². The summed E-state index contributed by atoms with van der Waals surface area (Å²) < 4.78 is 13.9. The standard InChI is InChI=1S/C18H24FN3O2/c1-2-21-9-5-6-14(12-21)20-18(24)13-10-17(23)22(11-13)16-8-4-3-7-15(16)19/h3-4,7-8,13-14H,2,5-6,9-12H2,1H3,(H,20,24). The fourth-order valence-electron chi connectivity index (χ4n) is 3.57. The van der Waals surface area contributed by atoms with Gasteiger partial charge in [-0.25, -0.2) is 4.39 Å². The summed E-state index contributed by atoms with van der Waals surface area (Å²) in [5.41, 5.74) is 0.257. The molecule has 24 heavy (non-hydrogen) atoms. The second kappa shape index (κ2) is 7.30. The zero-order valence-electron chi connectivity index (χ0n) is 14.0. The Morgan fingerprint density at radius 2 is 2.12 bits per heavy atom. The number of nitrogens with zero attached hydrogens (tertiary/aromatic N) is 2. The average molecular weight is 333 g/mol. The Bertz CT molecular complexity index is 622. The molecule has 2 aliphatic rings. The van der Waals surface area contributed by atoms with E-state index in [1.807, 2.05) is 0 Å². The molecule has 1 aromatic rings. The normalized spacial score (nSPS) is 25.1. The van der Waals surface area contributed by atoms with Crippen molar-refractivity contribution in [1.29, 1.82) is 0 Å². The van der Waals surface area contributed by atoms with Crippen LogP contribution in [0.3, 0.4) is 0 Å². The van der Waals surface area contributed by atoms with Crippen molar-refractivity contribution in [2.75, 3.05) is 31.1 Å². The maximum absolute atomic E-state index is 13.9. The van der Waals surface area contributed by atoms with Crippen LogP contribution in [0.15, 0.2) is 24.3 Å². The van der Waals surface area contributed by atoms with E-state index in [4.69, 9.17) is 0 Å². The van der Waals surface area contributed by atoms with Crippen LogP contribution in [0.1, 0.15) is 26.2 Å². The molecule has 2 unspecified atom stereocenters. The zero-order chi connectivity index (χ0) is 17.1. The van der Waals surface area contributed by atoms with E-state index in [1.165, 1.54) is 11.0 Å². The fraction of sp³-hybridized carbons (Fsp3) is 0.556. The first kappa shape index (κ1) is 16.9. The topological polar surface area (TPSA) is 52.7 Å². The number of likely N-dealkylation sites (tertiary alicyclic amines) is 1. The van der Waals surface area contributed by atoms with Gasteiger partial charge in [0.15, 0.2) is 0 Å². The third-order valence-corrected chi connectivity index (χ3v) is 4.94. The molecule has 5 nitrogen and oxygen atoms in total. The molecule has 1 N–H and O–H groups in total. The maximum Gasteiger partial charge on any atom is 0.227 e. The summed E-state index contributed by atoms with van der Waals surface area (Å²) in [6.07, 6.45) is 2.19. The molecule has 0 aromatic heterocycles. The van der Waals surface area contributed by atoms with E-state index in [9.17, 15) is 14.0 Å². The molecule has 2 atom stereocenters. The van der Waals surface area contributed by atoms with Crippen LogP contribution in [0.2, 0.25) is 0 Å². The van der Waals surface area contributed by atoms with Gasteiger partial charge >= 0.3 is 0 Å². The number of para-hydroxylation sites is 1. The van der Waals surface area contributed by atoms with Crippen molar-refractivity contribution < 1.29 is 14.0 Å². The molecule has 2 fully saturated rings. The van der Waals surface area contributed by atoms with Crippen LogP contribution >= 0.6 is 0 Å². The molecule has 2 amide bonds. The number of nitrogens with one attached hydrogen (secondary N) is 1. The molecule has 0 saturated carbocycles. The molecular formula is C18H24FN3O2. The molecule has 2 heterocycles. The molecule has 0 aliphatic carbocycles. The van der Waals surface area contributed by atoms with Crippen LogP contribution in [0, 0.1) is 11.7 Å². The minimum Gasteiger partial charge on any atom is -0.352 e. The van der Waals surface area contributed by atoms with Gasteiger partial charge in [-0.05, 0) is 38.1 Å². The second-order valence-electron chi connectivity index (χ2n) is 6.60. The van der Waals surface area contributed by atoms with Gasteiger partial charge in [-0.2, -0.15) is 0 Å². The summed E-state index contributed by atoms with van der Waals surface area (Å²) in [6.45, 7) is 5.28. The van der Waals surface area contributed by atoms with Crippen molar-refractivity contribution in [3.63, 3.8) is 0 Å². The van der Waals surface area contributed by atoms with Crippen LogP contribution in [-0.4, -0.2) is 48.9 Å². The van der Waals surface area contributed by atoms with Crippen molar-refractivity contribution in [1.82, 2.24) is 10.2 Å². The van der Waals surface area contributed by atoms with E-state index in [1.54, 1.807) is 18.2 Å². The van der Waals surface area contributed by atoms with Crippen LogP contribution < -0.4 is 10.2 Å². The number of hydrogen-bond acceptors (Lipinski definition) is 3. The number of anilines is 1.